The summed E-state index contributed by atoms with van der Waals surface area (Å²) in [5, 5.41) is 12.5. The van der Waals surface area contributed by atoms with Gasteiger partial charge in [0, 0.05) is 25.7 Å². The van der Waals surface area contributed by atoms with Crippen molar-refractivity contribution in [2.45, 2.75) is 12.5 Å². The summed E-state index contributed by atoms with van der Waals surface area (Å²) in [6.45, 7) is 0. The van der Waals surface area contributed by atoms with Gasteiger partial charge in [-0.25, -0.2) is 0 Å². The summed E-state index contributed by atoms with van der Waals surface area (Å²) in [6, 6.07) is 10.1. The number of rotatable bonds is 4. The zero-order chi connectivity index (χ0) is 16.4. The Hall–Kier alpha value is -3.16. The van der Waals surface area contributed by atoms with Crippen LogP contribution in [-0.4, -0.2) is 33.3 Å². The van der Waals surface area contributed by atoms with E-state index >= 15 is 0 Å². The van der Waals surface area contributed by atoms with E-state index in [1.807, 2.05) is 18.2 Å². The molecule has 8 nitrogen and oxygen atoms in total. The third-order valence-corrected chi connectivity index (χ3v) is 3.48. The summed E-state index contributed by atoms with van der Waals surface area (Å²) in [6.07, 6.45) is 1.87. The first kappa shape index (κ1) is 14.8. The molecule has 8 heteroatoms. The maximum Gasteiger partial charge on any atom is 0.273 e. The Kier molecular flexibility index (Phi) is 3.80. The maximum absolute atomic E-state index is 12.3. The van der Waals surface area contributed by atoms with Crippen molar-refractivity contribution in [1.82, 2.24) is 9.78 Å². The second-order valence-electron chi connectivity index (χ2n) is 5.18. The number of aromatic nitrogens is 2. The van der Waals surface area contributed by atoms with Crippen molar-refractivity contribution in [2.24, 2.45) is 17.9 Å². The fraction of sp³-hybridized carbons (Fsp3) is 0.200. The number of anilines is 2. The number of carbonyl (C=O) groups is 2. The van der Waals surface area contributed by atoms with Crippen molar-refractivity contribution in [3.05, 3.63) is 42.6 Å². The molecular weight excluding hydrogens is 296 g/mol. The number of hydrogen-bond donors (Lipinski definition) is 2. The highest BCUT2D eigenvalue weighted by Crippen LogP contribution is 2.24. The number of primary amides is 1. The molecule has 0 bridgehead atoms. The molecule has 0 spiro atoms. The Balaban J connectivity index is 1.82. The summed E-state index contributed by atoms with van der Waals surface area (Å²) in [5.74, 6) is -0.499. The molecule has 23 heavy (non-hydrogen) atoms. The smallest absolute Gasteiger partial charge is 0.273 e. The van der Waals surface area contributed by atoms with Crippen LogP contribution in [0.5, 0.6) is 0 Å². The van der Waals surface area contributed by atoms with Crippen LogP contribution in [0.4, 0.5) is 11.5 Å². The van der Waals surface area contributed by atoms with E-state index in [-0.39, 0.29) is 12.1 Å². The van der Waals surface area contributed by atoms with Crippen LogP contribution < -0.4 is 16.1 Å². The lowest BCUT2D eigenvalue weighted by molar-refractivity contribution is -0.119. The standard InChI is InChI=1S/C15H16N6O2/c1-20-8-7-13(19-20)17-15(23)11-9-12(14(16)22)21(18-11)10-5-3-2-4-6-10/h2-8,12H,9H2,1H3,(H2,16,22)(H,17,19,23)/t12-/m1/s1. The van der Waals surface area contributed by atoms with Crippen molar-refractivity contribution >= 4 is 29.0 Å². The summed E-state index contributed by atoms with van der Waals surface area (Å²) >= 11 is 0. The van der Waals surface area contributed by atoms with Gasteiger partial charge < -0.3 is 11.1 Å². The van der Waals surface area contributed by atoms with E-state index in [2.05, 4.69) is 15.5 Å². The number of nitrogens with two attached hydrogens (primary N) is 1. The van der Waals surface area contributed by atoms with Crippen LogP contribution in [0.25, 0.3) is 0 Å². The average molecular weight is 312 g/mol. The van der Waals surface area contributed by atoms with Crippen LogP contribution in [0.3, 0.4) is 0 Å². The molecule has 1 aliphatic heterocycles. The number of para-hydroxylation sites is 1. The largest absolute Gasteiger partial charge is 0.368 e. The Morgan fingerprint density at radius 3 is 2.61 bits per heavy atom. The topological polar surface area (TPSA) is 106 Å². The van der Waals surface area contributed by atoms with E-state index in [1.54, 1.807) is 36.1 Å². The van der Waals surface area contributed by atoms with Gasteiger partial charge in [0.25, 0.3) is 5.91 Å². The number of amides is 2. The van der Waals surface area contributed by atoms with Crippen molar-refractivity contribution in [3.63, 3.8) is 0 Å². The normalized spacial score (nSPS) is 17.0. The quantitative estimate of drug-likeness (QED) is 0.856. The van der Waals surface area contributed by atoms with Crippen LogP contribution in [0, 0.1) is 0 Å². The van der Waals surface area contributed by atoms with Gasteiger partial charge in [0.05, 0.1) is 5.69 Å². The lowest BCUT2D eigenvalue weighted by Gasteiger charge is -2.20. The minimum Gasteiger partial charge on any atom is -0.368 e. The van der Waals surface area contributed by atoms with Gasteiger partial charge >= 0.3 is 0 Å². The molecule has 2 heterocycles. The number of aryl methyl sites for hydroxylation is 1. The Morgan fingerprint density at radius 1 is 1.26 bits per heavy atom. The second kappa shape index (κ2) is 5.91. The number of hydrazone groups is 1. The van der Waals surface area contributed by atoms with Crippen molar-refractivity contribution < 1.29 is 9.59 Å². The molecule has 3 rings (SSSR count). The fourth-order valence-corrected chi connectivity index (χ4v) is 2.36. The van der Waals surface area contributed by atoms with E-state index in [1.165, 1.54) is 5.01 Å². The highest BCUT2D eigenvalue weighted by Gasteiger charge is 2.35. The van der Waals surface area contributed by atoms with Gasteiger partial charge in [0.2, 0.25) is 5.91 Å². The van der Waals surface area contributed by atoms with Gasteiger partial charge in [0.15, 0.2) is 5.82 Å². The molecule has 1 aromatic carbocycles. The average Bonchev–Trinajstić information content (AvgIpc) is 3.15. The highest BCUT2D eigenvalue weighted by atomic mass is 16.2. The molecule has 0 aliphatic carbocycles. The predicted octanol–water partition coefficient (Wildman–Crippen LogP) is 0.479. The third-order valence-electron chi connectivity index (χ3n) is 3.48. The number of nitrogens with one attached hydrogen (secondary N) is 1. The van der Waals surface area contributed by atoms with Crippen LogP contribution in [0.2, 0.25) is 0 Å². The molecule has 2 amide bonds. The first-order valence-corrected chi connectivity index (χ1v) is 7.06. The van der Waals surface area contributed by atoms with E-state index in [9.17, 15) is 9.59 Å². The summed E-state index contributed by atoms with van der Waals surface area (Å²) in [7, 11) is 1.75. The van der Waals surface area contributed by atoms with Crippen LogP contribution in [0.1, 0.15) is 6.42 Å². The first-order valence-electron chi connectivity index (χ1n) is 7.06. The molecule has 1 aromatic heterocycles. The summed E-state index contributed by atoms with van der Waals surface area (Å²) in [5.41, 5.74) is 6.39. The van der Waals surface area contributed by atoms with E-state index in [0.29, 0.717) is 11.5 Å². The molecule has 0 unspecified atom stereocenters. The Labute approximate surface area is 132 Å². The number of carbonyl (C=O) groups excluding carboxylic acids is 2. The molecule has 1 atom stereocenters. The maximum atomic E-state index is 12.3. The molecule has 0 saturated carbocycles. The lowest BCUT2D eigenvalue weighted by Crippen LogP contribution is -2.39. The molecule has 118 valence electrons. The van der Waals surface area contributed by atoms with Gasteiger partial charge in [-0.1, -0.05) is 18.2 Å². The van der Waals surface area contributed by atoms with Crippen LogP contribution in [-0.2, 0) is 16.6 Å². The van der Waals surface area contributed by atoms with E-state index in [4.69, 9.17) is 5.73 Å². The molecule has 2 aromatic rings. The van der Waals surface area contributed by atoms with Crippen molar-refractivity contribution in [1.29, 1.82) is 0 Å². The monoisotopic (exact) mass is 312 g/mol. The minimum absolute atomic E-state index is 0.156. The van der Waals surface area contributed by atoms with Gasteiger partial charge in [0.1, 0.15) is 11.8 Å². The van der Waals surface area contributed by atoms with Crippen LogP contribution in [0.15, 0.2) is 47.7 Å². The van der Waals surface area contributed by atoms with Gasteiger partial charge in [-0.2, -0.15) is 10.2 Å². The lowest BCUT2D eigenvalue weighted by atomic mass is 10.1. The zero-order valence-electron chi connectivity index (χ0n) is 12.5. The van der Waals surface area contributed by atoms with E-state index < -0.39 is 17.9 Å². The predicted molar refractivity (Wildman–Crippen MR) is 85.8 cm³/mol. The van der Waals surface area contributed by atoms with Crippen molar-refractivity contribution in [2.75, 3.05) is 10.3 Å². The number of nitrogens with zero attached hydrogens (tertiary/aromatic N) is 4. The molecule has 0 radical (unpaired) electrons. The molecule has 0 saturated heterocycles. The van der Waals surface area contributed by atoms with Gasteiger partial charge in [-0.05, 0) is 12.1 Å². The Morgan fingerprint density at radius 2 is 2.00 bits per heavy atom. The molecule has 3 N–H and O–H groups in total. The second-order valence-corrected chi connectivity index (χ2v) is 5.18. The SMILES string of the molecule is Cn1ccc(NC(=O)C2=NN(c3ccccc3)[C@@H](C(N)=O)C2)n1. The Bertz CT molecular complexity index is 767. The van der Waals surface area contributed by atoms with Crippen molar-refractivity contribution in [3.8, 4) is 0 Å². The number of hydrogen-bond acceptors (Lipinski definition) is 5. The van der Waals surface area contributed by atoms with Gasteiger partial charge in [-0.3, -0.25) is 19.3 Å². The third kappa shape index (κ3) is 3.05. The minimum atomic E-state index is -0.679. The highest BCUT2D eigenvalue weighted by molar-refractivity contribution is 6.44. The van der Waals surface area contributed by atoms with Gasteiger partial charge in [-0.15, -0.1) is 0 Å². The summed E-state index contributed by atoms with van der Waals surface area (Å²) < 4.78 is 1.58. The molecule has 1 aliphatic rings. The first-order chi connectivity index (χ1) is 11.0. The molecular formula is C15H16N6O2. The fourth-order valence-electron chi connectivity index (χ4n) is 2.36. The van der Waals surface area contributed by atoms with E-state index in [0.717, 1.165) is 0 Å². The zero-order valence-corrected chi connectivity index (χ0v) is 12.5. The molecule has 0 fully saturated rings. The summed E-state index contributed by atoms with van der Waals surface area (Å²) in [4.78, 5) is 24.0. The number of benzene rings is 1. The van der Waals surface area contributed by atoms with Crippen LogP contribution >= 0.6 is 0 Å².